The zero-order valence-corrected chi connectivity index (χ0v) is 12.0. The van der Waals surface area contributed by atoms with Crippen LogP contribution < -0.4 is 10.0 Å². The van der Waals surface area contributed by atoms with Gasteiger partial charge in [0, 0.05) is 24.7 Å². The summed E-state index contributed by atoms with van der Waals surface area (Å²) < 4.78 is 40.4. The zero-order chi connectivity index (χ0) is 15.5. The third-order valence-electron chi connectivity index (χ3n) is 3.29. The van der Waals surface area contributed by atoms with E-state index in [4.69, 9.17) is 0 Å². The topological polar surface area (TPSA) is 101 Å². The molecule has 1 heterocycles. The number of hydrogen-bond donors (Lipinski definition) is 2. The fourth-order valence-electron chi connectivity index (χ4n) is 2.21. The number of halogens is 1. The van der Waals surface area contributed by atoms with Crippen molar-refractivity contribution in [3.05, 3.63) is 34.1 Å². The maximum atomic E-state index is 13.5. The average molecular weight is 317 g/mol. The molecule has 0 bridgehead atoms. The predicted molar refractivity (Wildman–Crippen MR) is 73.9 cm³/mol. The lowest BCUT2D eigenvalue weighted by molar-refractivity contribution is -0.387. The van der Waals surface area contributed by atoms with Crippen LogP contribution in [0.2, 0.25) is 0 Å². The quantitative estimate of drug-likeness (QED) is 0.641. The Morgan fingerprint density at radius 3 is 2.81 bits per heavy atom. The van der Waals surface area contributed by atoms with Crippen LogP contribution in [0, 0.1) is 15.9 Å². The van der Waals surface area contributed by atoms with Gasteiger partial charge in [0.2, 0.25) is 15.8 Å². The Hall–Kier alpha value is -1.58. The first kappa shape index (κ1) is 15.8. The molecule has 7 nitrogen and oxygen atoms in total. The van der Waals surface area contributed by atoms with Crippen LogP contribution in [0.5, 0.6) is 0 Å². The monoisotopic (exact) mass is 317 g/mol. The van der Waals surface area contributed by atoms with E-state index in [1.807, 2.05) is 0 Å². The molecular weight excluding hydrogens is 301 g/mol. The zero-order valence-electron chi connectivity index (χ0n) is 11.2. The minimum absolute atomic E-state index is 0.268. The largest absolute Gasteiger partial charge is 0.315 e. The summed E-state index contributed by atoms with van der Waals surface area (Å²) in [5.74, 6) is -1.16. The number of nitro benzene ring substituents is 1. The van der Waals surface area contributed by atoms with Gasteiger partial charge in [0.25, 0.3) is 0 Å². The molecule has 0 aliphatic carbocycles. The Balaban J connectivity index is 2.19. The van der Waals surface area contributed by atoms with E-state index in [0.29, 0.717) is 19.0 Å². The van der Waals surface area contributed by atoms with Gasteiger partial charge in [-0.15, -0.1) is 0 Å². The summed E-state index contributed by atoms with van der Waals surface area (Å²) in [7, 11) is -3.89. The van der Waals surface area contributed by atoms with Gasteiger partial charge in [-0.1, -0.05) is 6.42 Å². The highest BCUT2D eigenvalue weighted by atomic mass is 32.2. The molecule has 0 spiro atoms. The molecule has 21 heavy (non-hydrogen) atoms. The minimum atomic E-state index is -3.89. The van der Waals surface area contributed by atoms with Crippen LogP contribution in [0.3, 0.4) is 0 Å². The highest BCUT2D eigenvalue weighted by molar-refractivity contribution is 7.89. The van der Waals surface area contributed by atoms with Crippen LogP contribution in [0.25, 0.3) is 0 Å². The maximum Gasteiger partial charge on any atom is 0.304 e. The summed E-state index contributed by atoms with van der Waals surface area (Å²) in [5.41, 5.74) is -0.745. The van der Waals surface area contributed by atoms with Crippen molar-refractivity contribution >= 4 is 15.7 Å². The molecule has 1 unspecified atom stereocenters. The van der Waals surface area contributed by atoms with Gasteiger partial charge in [0.15, 0.2) is 0 Å². The third-order valence-corrected chi connectivity index (χ3v) is 4.81. The highest BCUT2D eigenvalue weighted by Gasteiger charge is 2.24. The van der Waals surface area contributed by atoms with Crippen molar-refractivity contribution < 1.29 is 17.7 Å². The van der Waals surface area contributed by atoms with Crippen LogP contribution in [0.1, 0.15) is 19.3 Å². The molecule has 1 aliphatic heterocycles. The Kier molecular flexibility index (Phi) is 4.86. The van der Waals surface area contributed by atoms with E-state index < -0.39 is 26.5 Å². The lowest BCUT2D eigenvalue weighted by atomic mass is 10.2. The predicted octanol–water partition coefficient (Wildman–Crippen LogP) is 1.15. The second kappa shape index (κ2) is 6.46. The molecule has 1 fully saturated rings. The summed E-state index contributed by atoms with van der Waals surface area (Å²) in [6, 6.07) is 2.30. The summed E-state index contributed by atoms with van der Waals surface area (Å²) in [5, 5.41) is 13.6. The summed E-state index contributed by atoms with van der Waals surface area (Å²) >= 11 is 0. The van der Waals surface area contributed by atoms with Crippen LogP contribution in [0.4, 0.5) is 10.1 Å². The Morgan fingerprint density at radius 2 is 2.14 bits per heavy atom. The number of benzene rings is 1. The molecule has 2 N–H and O–H groups in total. The van der Waals surface area contributed by atoms with E-state index >= 15 is 0 Å². The van der Waals surface area contributed by atoms with Gasteiger partial charge in [-0.3, -0.25) is 10.1 Å². The van der Waals surface area contributed by atoms with Crippen molar-refractivity contribution in [3.8, 4) is 0 Å². The number of hydrogen-bond acceptors (Lipinski definition) is 5. The molecule has 9 heteroatoms. The second-order valence-electron chi connectivity index (χ2n) is 4.89. The third kappa shape index (κ3) is 3.96. The summed E-state index contributed by atoms with van der Waals surface area (Å²) in [4.78, 5) is 9.33. The number of nitrogens with one attached hydrogen (secondary N) is 2. The molecule has 1 atom stereocenters. The van der Waals surface area contributed by atoms with Crippen molar-refractivity contribution in [2.45, 2.75) is 30.2 Å². The molecule has 0 radical (unpaired) electrons. The molecule has 0 amide bonds. The molecule has 1 aromatic rings. The van der Waals surface area contributed by atoms with Crippen molar-refractivity contribution in [3.63, 3.8) is 0 Å². The first-order valence-corrected chi connectivity index (χ1v) is 8.05. The number of sulfonamides is 1. The van der Waals surface area contributed by atoms with E-state index in [2.05, 4.69) is 10.0 Å². The van der Waals surface area contributed by atoms with Gasteiger partial charge in [-0.25, -0.2) is 13.1 Å². The van der Waals surface area contributed by atoms with Gasteiger partial charge in [0.05, 0.1) is 9.82 Å². The van der Waals surface area contributed by atoms with E-state index in [1.54, 1.807) is 0 Å². The molecule has 0 aromatic heterocycles. The van der Waals surface area contributed by atoms with Gasteiger partial charge in [0.1, 0.15) is 0 Å². The summed E-state index contributed by atoms with van der Waals surface area (Å²) in [6.45, 7) is 1.35. The highest BCUT2D eigenvalue weighted by Crippen LogP contribution is 2.21. The van der Waals surface area contributed by atoms with Crippen LogP contribution >= 0.6 is 0 Å². The first-order chi connectivity index (χ1) is 9.90. The van der Waals surface area contributed by atoms with Gasteiger partial charge < -0.3 is 5.32 Å². The van der Waals surface area contributed by atoms with Crippen molar-refractivity contribution in [2.75, 3.05) is 13.1 Å². The number of nitro groups is 1. The minimum Gasteiger partial charge on any atom is -0.315 e. The fraction of sp³-hybridized carbons (Fsp3) is 0.500. The van der Waals surface area contributed by atoms with Crippen molar-refractivity contribution in [1.29, 1.82) is 0 Å². The van der Waals surface area contributed by atoms with Gasteiger partial charge >= 0.3 is 5.69 Å². The normalized spacial score (nSPS) is 20.0. The Bertz CT molecular complexity index is 627. The standard InChI is InChI=1S/C12H16FN3O4S/c13-11-7-10(4-5-12(11)16(17)18)21(19,20)15-9-3-1-2-6-14-8-9/h4-5,7,9,14-15H,1-3,6,8H2. The van der Waals surface area contributed by atoms with Gasteiger partial charge in [-0.05, 0) is 25.5 Å². The number of rotatable bonds is 4. The lowest BCUT2D eigenvalue weighted by Crippen LogP contribution is -2.40. The average Bonchev–Trinajstić information content (AvgIpc) is 2.66. The smallest absolute Gasteiger partial charge is 0.304 e. The van der Waals surface area contributed by atoms with E-state index in [0.717, 1.165) is 31.5 Å². The molecule has 2 rings (SSSR count). The van der Waals surface area contributed by atoms with Crippen molar-refractivity contribution in [2.24, 2.45) is 0 Å². The SMILES string of the molecule is O=[N+]([O-])c1ccc(S(=O)(=O)NC2CCCCNC2)cc1F. The van der Waals surface area contributed by atoms with E-state index in [-0.39, 0.29) is 10.9 Å². The number of nitrogens with zero attached hydrogens (tertiary/aromatic N) is 1. The van der Waals surface area contributed by atoms with Crippen LogP contribution in [-0.2, 0) is 10.0 Å². The van der Waals surface area contributed by atoms with E-state index in [1.165, 1.54) is 0 Å². The molecular formula is C12H16FN3O4S. The molecule has 1 aromatic carbocycles. The van der Waals surface area contributed by atoms with Gasteiger partial charge in [-0.2, -0.15) is 4.39 Å². The second-order valence-corrected chi connectivity index (χ2v) is 6.60. The molecule has 1 aliphatic rings. The van der Waals surface area contributed by atoms with Crippen LogP contribution in [-0.4, -0.2) is 32.5 Å². The Morgan fingerprint density at radius 1 is 1.38 bits per heavy atom. The lowest BCUT2D eigenvalue weighted by Gasteiger charge is -2.16. The summed E-state index contributed by atoms with van der Waals surface area (Å²) in [6.07, 6.45) is 2.57. The molecule has 1 saturated heterocycles. The molecule has 116 valence electrons. The maximum absolute atomic E-state index is 13.5. The van der Waals surface area contributed by atoms with Crippen molar-refractivity contribution in [1.82, 2.24) is 10.0 Å². The fourth-order valence-corrected chi connectivity index (χ4v) is 3.49. The molecule has 0 saturated carbocycles. The van der Waals surface area contributed by atoms with E-state index in [9.17, 15) is 22.9 Å². The first-order valence-electron chi connectivity index (χ1n) is 6.57. The van der Waals surface area contributed by atoms with Crippen LogP contribution in [0.15, 0.2) is 23.1 Å². The Labute approximate surface area is 121 Å².